The smallest absolute Gasteiger partial charge is 0.122 e. The second kappa shape index (κ2) is 12.0. The second-order valence-electron chi connectivity index (χ2n) is 11.4. The Morgan fingerprint density at radius 2 is 1.35 bits per heavy atom. The SMILES string of the molecule is Cc1c(C)c2c(c(C)c1O)CCC(C)(CCCC(C)CCCC(C)CCCC(C)C)S2. The number of phenolic OH excluding ortho intramolecular Hbond substituents is 1. The molecule has 3 atom stereocenters. The third-order valence-corrected chi connectivity index (χ3v) is 9.53. The number of rotatable bonds is 12. The lowest BCUT2D eigenvalue weighted by Gasteiger charge is -2.37. The van der Waals surface area contributed by atoms with Crippen molar-refractivity contribution in [2.75, 3.05) is 0 Å². The maximum atomic E-state index is 10.4. The van der Waals surface area contributed by atoms with Crippen LogP contribution in [0.1, 0.15) is 121 Å². The molecule has 0 spiro atoms. The molecule has 1 nitrogen and oxygen atoms in total. The van der Waals surface area contributed by atoms with Gasteiger partial charge in [-0.15, -0.1) is 11.8 Å². The molecule has 0 aromatic heterocycles. The standard InChI is InChI=1S/C29H50OS/c1-20(2)12-9-13-21(3)14-10-15-22(4)16-11-18-29(8)19-17-26-25(7)27(30)23(5)24(6)28(26)31-29/h20-22,30H,9-19H2,1-8H3. The first-order valence-corrected chi connectivity index (χ1v) is 13.9. The van der Waals surface area contributed by atoms with Gasteiger partial charge in [0.05, 0.1) is 0 Å². The molecule has 3 unspecified atom stereocenters. The Labute approximate surface area is 198 Å². The Hall–Kier alpha value is -0.630. The zero-order valence-electron chi connectivity index (χ0n) is 21.9. The molecule has 0 radical (unpaired) electrons. The summed E-state index contributed by atoms with van der Waals surface area (Å²) in [7, 11) is 0. The molecule has 31 heavy (non-hydrogen) atoms. The summed E-state index contributed by atoms with van der Waals surface area (Å²) in [6.07, 6.45) is 14.8. The fraction of sp³-hybridized carbons (Fsp3) is 0.793. The van der Waals surface area contributed by atoms with Gasteiger partial charge in [0.1, 0.15) is 5.75 Å². The molecule has 1 aliphatic heterocycles. The minimum atomic E-state index is 0.345. The summed E-state index contributed by atoms with van der Waals surface area (Å²) in [5.41, 5.74) is 4.88. The molecule has 1 heterocycles. The van der Waals surface area contributed by atoms with Crippen molar-refractivity contribution in [3.63, 3.8) is 0 Å². The normalized spacial score (nSPS) is 20.7. The van der Waals surface area contributed by atoms with Gasteiger partial charge in [0.15, 0.2) is 0 Å². The van der Waals surface area contributed by atoms with E-state index in [-0.39, 0.29) is 0 Å². The van der Waals surface area contributed by atoms with Crippen LogP contribution in [0.15, 0.2) is 4.90 Å². The van der Waals surface area contributed by atoms with Crippen LogP contribution in [0.3, 0.4) is 0 Å². The summed E-state index contributed by atoms with van der Waals surface area (Å²) < 4.78 is 0.345. The Bertz CT molecular complexity index is 707. The van der Waals surface area contributed by atoms with E-state index in [4.69, 9.17) is 0 Å². The molecule has 2 rings (SSSR count). The predicted octanol–water partition coefficient (Wildman–Crippen LogP) is 9.55. The highest BCUT2D eigenvalue weighted by molar-refractivity contribution is 8.00. The van der Waals surface area contributed by atoms with E-state index in [0.717, 1.165) is 35.3 Å². The van der Waals surface area contributed by atoms with Crippen molar-refractivity contribution in [1.82, 2.24) is 0 Å². The zero-order valence-corrected chi connectivity index (χ0v) is 22.7. The lowest BCUT2D eigenvalue weighted by atomic mass is 9.88. The molecule has 0 bridgehead atoms. The molecule has 0 amide bonds. The largest absolute Gasteiger partial charge is 0.507 e. The fourth-order valence-corrected chi connectivity index (χ4v) is 6.90. The average molecular weight is 447 g/mol. The summed E-state index contributed by atoms with van der Waals surface area (Å²) in [5, 5.41) is 10.4. The zero-order chi connectivity index (χ0) is 23.2. The molecule has 1 aliphatic rings. The van der Waals surface area contributed by atoms with Gasteiger partial charge in [0, 0.05) is 9.64 Å². The van der Waals surface area contributed by atoms with Gasteiger partial charge in [-0.05, 0) is 80.0 Å². The van der Waals surface area contributed by atoms with Crippen molar-refractivity contribution in [2.24, 2.45) is 17.8 Å². The molecule has 178 valence electrons. The van der Waals surface area contributed by atoms with Crippen LogP contribution < -0.4 is 0 Å². The number of hydrogen-bond acceptors (Lipinski definition) is 2. The molecular weight excluding hydrogens is 396 g/mol. The second-order valence-corrected chi connectivity index (χ2v) is 13.0. The van der Waals surface area contributed by atoms with Crippen LogP contribution in [0.2, 0.25) is 0 Å². The van der Waals surface area contributed by atoms with Gasteiger partial charge in [-0.2, -0.15) is 0 Å². The van der Waals surface area contributed by atoms with Crippen LogP contribution in [0.5, 0.6) is 5.75 Å². The van der Waals surface area contributed by atoms with Crippen LogP contribution in [0, 0.1) is 38.5 Å². The molecule has 0 aliphatic carbocycles. The number of phenols is 1. The first-order chi connectivity index (χ1) is 14.5. The van der Waals surface area contributed by atoms with Gasteiger partial charge >= 0.3 is 0 Å². The van der Waals surface area contributed by atoms with Crippen molar-refractivity contribution in [3.8, 4) is 5.75 Å². The Morgan fingerprint density at radius 1 is 0.806 bits per heavy atom. The Balaban J connectivity index is 1.74. The summed E-state index contributed by atoms with van der Waals surface area (Å²) in [5.74, 6) is 3.13. The van der Waals surface area contributed by atoms with Crippen molar-refractivity contribution in [3.05, 3.63) is 22.3 Å². The van der Waals surface area contributed by atoms with Crippen LogP contribution in [0.25, 0.3) is 0 Å². The number of hydrogen-bond donors (Lipinski definition) is 1. The van der Waals surface area contributed by atoms with Gasteiger partial charge in [0.25, 0.3) is 0 Å². The quantitative estimate of drug-likeness (QED) is 0.345. The summed E-state index contributed by atoms with van der Waals surface area (Å²) in [6.45, 7) is 18.4. The van der Waals surface area contributed by atoms with Gasteiger partial charge in [0.2, 0.25) is 0 Å². The molecule has 0 saturated heterocycles. The van der Waals surface area contributed by atoms with E-state index in [0.29, 0.717) is 10.5 Å². The summed E-state index contributed by atoms with van der Waals surface area (Å²) in [6, 6.07) is 0. The van der Waals surface area contributed by atoms with Gasteiger partial charge < -0.3 is 5.11 Å². The lowest BCUT2D eigenvalue weighted by Crippen LogP contribution is -2.26. The third-order valence-electron chi connectivity index (χ3n) is 7.87. The Morgan fingerprint density at radius 3 is 1.94 bits per heavy atom. The third kappa shape index (κ3) is 7.72. The fourth-order valence-electron chi connectivity index (χ4n) is 5.27. The van der Waals surface area contributed by atoms with E-state index >= 15 is 0 Å². The van der Waals surface area contributed by atoms with E-state index in [1.54, 1.807) is 0 Å². The van der Waals surface area contributed by atoms with Crippen LogP contribution in [0.4, 0.5) is 0 Å². The maximum absolute atomic E-state index is 10.4. The van der Waals surface area contributed by atoms with Crippen molar-refractivity contribution in [2.45, 2.75) is 136 Å². The first kappa shape index (κ1) is 26.6. The summed E-state index contributed by atoms with van der Waals surface area (Å²) >= 11 is 2.09. The van der Waals surface area contributed by atoms with Crippen molar-refractivity contribution < 1.29 is 5.11 Å². The van der Waals surface area contributed by atoms with Crippen LogP contribution in [-0.4, -0.2) is 9.85 Å². The van der Waals surface area contributed by atoms with E-state index in [2.05, 4.69) is 67.2 Å². The highest BCUT2D eigenvalue weighted by Gasteiger charge is 2.33. The van der Waals surface area contributed by atoms with Crippen molar-refractivity contribution >= 4 is 11.8 Å². The Kier molecular flexibility index (Phi) is 10.3. The number of aromatic hydroxyl groups is 1. The maximum Gasteiger partial charge on any atom is 0.122 e. The molecule has 1 aromatic rings. The van der Waals surface area contributed by atoms with Gasteiger partial charge in [-0.3, -0.25) is 0 Å². The highest BCUT2D eigenvalue weighted by atomic mass is 32.2. The molecule has 0 saturated carbocycles. The van der Waals surface area contributed by atoms with E-state index in [9.17, 15) is 5.11 Å². The summed E-state index contributed by atoms with van der Waals surface area (Å²) in [4.78, 5) is 1.46. The van der Waals surface area contributed by atoms with E-state index in [1.165, 1.54) is 80.2 Å². The average Bonchev–Trinajstić information content (AvgIpc) is 2.70. The van der Waals surface area contributed by atoms with Gasteiger partial charge in [-0.25, -0.2) is 0 Å². The van der Waals surface area contributed by atoms with E-state index < -0.39 is 0 Å². The molecule has 0 fully saturated rings. The lowest BCUT2D eigenvalue weighted by molar-refractivity contribution is 0.379. The number of fused-ring (bicyclic) bond motifs is 1. The number of benzene rings is 1. The molecule has 1 N–H and O–H groups in total. The number of thioether (sulfide) groups is 1. The topological polar surface area (TPSA) is 20.2 Å². The van der Waals surface area contributed by atoms with Gasteiger partial charge in [-0.1, -0.05) is 86.0 Å². The van der Waals surface area contributed by atoms with E-state index in [1.807, 2.05) is 0 Å². The molecule has 2 heteroatoms. The minimum absolute atomic E-state index is 0.345. The van der Waals surface area contributed by atoms with Crippen LogP contribution in [-0.2, 0) is 6.42 Å². The monoisotopic (exact) mass is 446 g/mol. The predicted molar refractivity (Wildman–Crippen MR) is 140 cm³/mol. The van der Waals surface area contributed by atoms with Crippen LogP contribution >= 0.6 is 11.8 Å². The highest BCUT2D eigenvalue weighted by Crippen LogP contribution is 2.50. The molecular formula is C29H50OS. The minimum Gasteiger partial charge on any atom is -0.507 e. The van der Waals surface area contributed by atoms with Crippen molar-refractivity contribution in [1.29, 1.82) is 0 Å². The molecule has 1 aromatic carbocycles. The first-order valence-electron chi connectivity index (χ1n) is 13.0.